The maximum atomic E-state index is 12.5. The molecule has 1 aromatic carbocycles. The number of nitrogens with zero attached hydrogens (tertiary/aromatic N) is 4. The lowest BCUT2D eigenvalue weighted by Crippen LogP contribution is -2.24. The molecule has 0 saturated heterocycles. The summed E-state index contributed by atoms with van der Waals surface area (Å²) in [6, 6.07) is 10.5. The number of halogens is 1. The second-order valence-corrected chi connectivity index (χ2v) is 6.48. The minimum Gasteiger partial charge on any atom is -0.495 e. The van der Waals surface area contributed by atoms with Crippen molar-refractivity contribution in [2.24, 2.45) is 0 Å². The van der Waals surface area contributed by atoms with E-state index in [-0.39, 0.29) is 11.6 Å². The molecule has 7 nitrogen and oxygen atoms in total. The number of carbonyl (C=O) groups excluding carboxylic acids is 1. The first kappa shape index (κ1) is 19.6. The van der Waals surface area contributed by atoms with E-state index in [1.807, 2.05) is 24.1 Å². The number of amides is 1. The zero-order chi connectivity index (χ0) is 19.9. The van der Waals surface area contributed by atoms with E-state index < -0.39 is 0 Å². The molecule has 0 aliphatic rings. The maximum Gasteiger partial charge on any atom is 0.274 e. The summed E-state index contributed by atoms with van der Waals surface area (Å²) >= 11 is 6.10. The van der Waals surface area contributed by atoms with Gasteiger partial charge in [-0.25, -0.2) is 9.97 Å². The number of carbonyl (C=O) groups is 1. The largest absolute Gasteiger partial charge is 0.495 e. The average molecular weight is 398 g/mol. The zero-order valence-electron chi connectivity index (χ0n) is 15.6. The second kappa shape index (κ2) is 9.14. The highest BCUT2D eigenvalue weighted by molar-refractivity contribution is 6.32. The van der Waals surface area contributed by atoms with Gasteiger partial charge in [-0.1, -0.05) is 11.6 Å². The number of hydrogen-bond donors (Lipinski definition) is 1. The summed E-state index contributed by atoms with van der Waals surface area (Å²) in [6.45, 7) is 0.711. The number of hydrogen-bond acceptors (Lipinski definition) is 6. The van der Waals surface area contributed by atoms with E-state index in [2.05, 4.69) is 20.3 Å². The van der Waals surface area contributed by atoms with E-state index in [4.69, 9.17) is 16.3 Å². The number of methoxy groups -OCH3 is 1. The van der Waals surface area contributed by atoms with E-state index in [9.17, 15) is 4.79 Å². The molecular weight excluding hydrogens is 378 g/mol. The lowest BCUT2D eigenvalue weighted by Gasteiger charge is -2.17. The third-order valence-corrected chi connectivity index (χ3v) is 4.41. The number of anilines is 2. The normalized spacial score (nSPS) is 10.4. The van der Waals surface area contributed by atoms with Crippen LogP contribution in [0.3, 0.4) is 0 Å². The fraction of sp³-hybridized carbons (Fsp3) is 0.200. The van der Waals surface area contributed by atoms with E-state index in [0.29, 0.717) is 29.0 Å². The fourth-order valence-corrected chi connectivity index (χ4v) is 2.80. The third kappa shape index (κ3) is 4.95. The molecule has 2 aromatic heterocycles. The molecule has 1 N–H and O–H groups in total. The fourth-order valence-electron chi connectivity index (χ4n) is 2.54. The van der Waals surface area contributed by atoms with Crippen LogP contribution >= 0.6 is 11.6 Å². The van der Waals surface area contributed by atoms with E-state index in [0.717, 1.165) is 6.42 Å². The van der Waals surface area contributed by atoms with Crippen molar-refractivity contribution in [2.75, 3.05) is 30.9 Å². The van der Waals surface area contributed by atoms with Crippen LogP contribution in [0, 0.1) is 0 Å². The molecule has 0 aliphatic heterocycles. The SMILES string of the molecule is COc1ccc(NC(=O)c2ccnc(N(C)CCc3ccncc3)n2)cc1Cl. The van der Waals surface area contributed by atoms with Crippen molar-refractivity contribution in [1.29, 1.82) is 0 Å². The first-order valence-electron chi connectivity index (χ1n) is 8.65. The number of rotatable bonds is 7. The topological polar surface area (TPSA) is 80.2 Å². The molecule has 0 unspecified atom stereocenters. The summed E-state index contributed by atoms with van der Waals surface area (Å²) in [5, 5.41) is 3.20. The van der Waals surface area contributed by atoms with E-state index >= 15 is 0 Å². The molecule has 0 fully saturated rings. The Hall–Kier alpha value is -3.19. The minimum atomic E-state index is -0.340. The summed E-state index contributed by atoms with van der Waals surface area (Å²) in [6.07, 6.45) is 5.93. The van der Waals surface area contributed by atoms with Crippen LogP contribution < -0.4 is 15.0 Å². The average Bonchev–Trinajstić information content (AvgIpc) is 2.73. The van der Waals surface area contributed by atoms with Crippen molar-refractivity contribution in [1.82, 2.24) is 15.0 Å². The highest BCUT2D eigenvalue weighted by Gasteiger charge is 2.12. The van der Waals surface area contributed by atoms with Gasteiger partial charge in [0, 0.05) is 37.9 Å². The molecule has 0 radical (unpaired) electrons. The highest BCUT2D eigenvalue weighted by Crippen LogP contribution is 2.27. The molecule has 0 atom stereocenters. The van der Waals surface area contributed by atoms with Gasteiger partial charge in [-0.2, -0.15) is 0 Å². The zero-order valence-corrected chi connectivity index (χ0v) is 16.3. The molecular formula is C20H20ClN5O2. The molecule has 0 spiro atoms. The van der Waals surface area contributed by atoms with Gasteiger partial charge in [-0.3, -0.25) is 9.78 Å². The predicted octanol–water partition coefficient (Wildman–Crippen LogP) is 3.46. The van der Waals surface area contributed by atoms with Gasteiger partial charge in [0.05, 0.1) is 12.1 Å². The molecule has 1 amide bonds. The number of nitrogens with one attached hydrogen (secondary N) is 1. The lowest BCUT2D eigenvalue weighted by molar-refractivity contribution is 0.102. The molecule has 144 valence electrons. The first-order chi connectivity index (χ1) is 13.6. The van der Waals surface area contributed by atoms with Crippen LogP contribution in [0.1, 0.15) is 16.1 Å². The number of benzene rings is 1. The van der Waals surface area contributed by atoms with Gasteiger partial charge in [0.25, 0.3) is 5.91 Å². The van der Waals surface area contributed by atoms with Gasteiger partial charge in [-0.15, -0.1) is 0 Å². The smallest absolute Gasteiger partial charge is 0.274 e. The Morgan fingerprint density at radius 3 is 2.68 bits per heavy atom. The van der Waals surface area contributed by atoms with Crippen molar-refractivity contribution in [3.63, 3.8) is 0 Å². The Morgan fingerprint density at radius 2 is 1.96 bits per heavy atom. The second-order valence-electron chi connectivity index (χ2n) is 6.07. The van der Waals surface area contributed by atoms with Crippen molar-refractivity contribution >= 4 is 29.1 Å². The van der Waals surface area contributed by atoms with Gasteiger partial charge in [0.1, 0.15) is 11.4 Å². The van der Waals surface area contributed by atoms with Gasteiger partial charge in [0.2, 0.25) is 5.95 Å². The minimum absolute atomic E-state index is 0.271. The third-order valence-electron chi connectivity index (χ3n) is 4.11. The first-order valence-corrected chi connectivity index (χ1v) is 9.02. The van der Waals surface area contributed by atoms with Gasteiger partial charge < -0.3 is 15.0 Å². The highest BCUT2D eigenvalue weighted by atomic mass is 35.5. The summed E-state index contributed by atoms with van der Waals surface area (Å²) in [4.78, 5) is 27.1. The lowest BCUT2D eigenvalue weighted by atomic mass is 10.2. The Morgan fingerprint density at radius 1 is 1.18 bits per heavy atom. The van der Waals surface area contributed by atoms with E-state index in [1.54, 1.807) is 42.9 Å². The summed E-state index contributed by atoms with van der Waals surface area (Å²) in [5.74, 6) is 0.682. The Bertz CT molecular complexity index is 952. The van der Waals surface area contributed by atoms with Crippen molar-refractivity contribution in [3.05, 3.63) is 71.3 Å². The van der Waals surface area contributed by atoms with Crippen LogP contribution in [0.25, 0.3) is 0 Å². The molecule has 3 rings (SSSR count). The molecule has 0 saturated carbocycles. The van der Waals surface area contributed by atoms with Gasteiger partial charge >= 0.3 is 0 Å². The van der Waals surface area contributed by atoms with Crippen LogP contribution in [-0.4, -0.2) is 41.6 Å². The van der Waals surface area contributed by atoms with E-state index in [1.165, 1.54) is 12.7 Å². The molecule has 8 heteroatoms. The van der Waals surface area contributed by atoms with Crippen LogP contribution in [0.4, 0.5) is 11.6 Å². The molecule has 2 heterocycles. The standard InChI is InChI=1S/C20H20ClN5O2/c1-26(12-8-14-5-9-22-10-6-14)20-23-11-7-17(25-20)19(27)24-15-3-4-18(28-2)16(21)13-15/h3-7,9-11,13H,8,12H2,1-2H3,(H,24,27). The Kier molecular flexibility index (Phi) is 6.39. The summed E-state index contributed by atoms with van der Waals surface area (Å²) < 4.78 is 5.11. The number of aromatic nitrogens is 3. The molecule has 0 bridgehead atoms. The van der Waals surface area contributed by atoms with Gasteiger partial charge in [0.15, 0.2) is 0 Å². The molecule has 3 aromatic rings. The monoisotopic (exact) mass is 397 g/mol. The molecule has 0 aliphatic carbocycles. The van der Waals surface area contributed by atoms with Crippen LogP contribution in [0.5, 0.6) is 5.75 Å². The van der Waals surface area contributed by atoms with Crippen molar-refractivity contribution in [3.8, 4) is 5.75 Å². The summed E-state index contributed by atoms with van der Waals surface area (Å²) in [7, 11) is 3.43. The van der Waals surface area contributed by atoms with Crippen LogP contribution in [0.15, 0.2) is 55.0 Å². The quantitative estimate of drug-likeness (QED) is 0.657. The van der Waals surface area contributed by atoms with Crippen molar-refractivity contribution < 1.29 is 9.53 Å². The molecule has 28 heavy (non-hydrogen) atoms. The van der Waals surface area contributed by atoms with Crippen LogP contribution in [0.2, 0.25) is 5.02 Å². The summed E-state index contributed by atoms with van der Waals surface area (Å²) in [5.41, 5.74) is 2.00. The number of pyridine rings is 1. The number of ether oxygens (including phenoxy) is 1. The Labute approximate surface area is 168 Å². The predicted molar refractivity (Wildman–Crippen MR) is 109 cm³/mol. The maximum absolute atomic E-state index is 12.5. The van der Waals surface area contributed by atoms with Crippen molar-refractivity contribution in [2.45, 2.75) is 6.42 Å². The number of likely N-dealkylation sites (N-methyl/N-ethyl adjacent to an activating group) is 1. The Balaban J connectivity index is 1.66. The van der Waals surface area contributed by atoms with Crippen LogP contribution in [-0.2, 0) is 6.42 Å². The van der Waals surface area contributed by atoms with Gasteiger partial charge in [-0.05, 0) is 48.4 Å².